The molecule has 0 aliphatic heterocycles. The zero-order chi connectivity index (χ0) is 8.43. The molecule has 1 aromatic rings. The topological polar surface area (TPSA) is 49.9 Å². The van der Waals surface area contributed by atoms with Crippen molar-refractivity contribution in [3.05, 3.63) is 31.8 Å². The highest BCUT2D eigenvalue weighted by atomic mass is 127. The molecule has 0 aliphatic rings. The van der Waals surface area contributed by atoms with Gasteiger partial charge < -0.3 is 5.73 Å². The average Bonchev–Trinajstić information content (AvgIpc) is 1.94. The fourth-order valence-corrected chi connectivity index (χ4v) is 1.38. The molecule has 0 amide bonds. The molecule has 66 valence electrons. The summed E-state index contributed by atoms with van der Waals surface area (Å²) >= 11 is 5.56. The largest absolute Gasteiger partial charge is 0.384 e. The van der Waals surface area contributed by atoms with Crippen molar-refractivity contribution in [2.24, 2.45) is 5.73 Å². The van der Waals surface area contributed by atoms with E-state index in [1.807, 2.05) is 18.2 Å². The number of hydrogen-bond donors (Lipinski definition) is 2. The summed E-state index contributed by atoms with van der Waals surface area (Å²) in [7, 11) is 0. The molecule has 2 nitrogen and oxygen atoms in total. The van der Waals surface area contributed by atoms with E-state index in [9.17, 15) is 0 Å². The van der Waals surface area contributed by atoms with E-state index in [2.05, 4.69) is 38.5 Å². The van der Waals surface area contributed by atoms with Crippen molar-refractivity contribution in [1.29, 1.82) is 5.41 Å². The van der Waals surface area contributed by atoms with Gasteiger partial charge in [0.15, 0.2) is 0 Å². The quantitative estimate of drug-likeness (QED) is 0.451. The number of benzene rings is 1. The predicted octanol–water partition coefficient (Wildman–Crippen LogP) is 2.76. The van der Waals surface area contributed by atoms with Gasteiger partial charge in [-0.1, -0.05) is 6.07 Å². The minimum absolute atomic E-state index is 0. The van der Waals surface area contributed by atoms with Crippen LogP contribution in [0.3, 0.4) is 0 Å². The fraction of sp³-hybridized carbons (Fsp3) is 0. The third-order valence-corrected chi connectivity index (χ3v) is 3.57. The lowest BCUT2D eigenvalue weighted by atomic mass is 10.2. The molecule has 12 heavy (non-hydrogen) atoms. The van der Waals surface area contributed by atoms with Gasteiger partial charge >= 0.3 is 0 Å². The van der Waals surface area contributed by atoms with Crippen molar-refractivity contribution in [2.75, 3.05) is 0 Å². The monoisotopic (exact) mass is 360 g/mol. The van der Waals surface area contributed by atoms with Gasteiger partial charge in [-0.25, -0.2) is 0 Å². The molecule has 3 N–H and O–H groups in total. The summed E-state index contributed by atoms with van der Waals surface area (Å²) in [6.07, 6.45) is 0. The number of rotatable bonds is 1. The van der Waals surface area contributed by atoms with Gasteiger partial charge in [-0.3, -0.25) is 5.41 Å². The lowest BCUT2D eigenvalue weighted by Crippen LogP contribution is -2.10. The average molecular weight is 361 g/mol. The molecule has 0 fully saturated rings. The van der Waals surface area contributed by atoms with Crippen LogP contribution in [0.5, 0.6) is 0 Å². The molecular formula is C7H7BrClIN2. The van der Waals surface area contributed by atoms with E-state index < -0.39 is 0 Å². The lowest BCUT2D eigenvalue weighted by molar-refractivity contribution is 1.41. The van der Waals surface area contributed by atoms with Gasteiger partial charge in [-0.2, -0.15) is 0 Å². The van der Waals surface area contributed by atoms with Crippen LogP contribution in [0, 0.1) is 8.98 Å². The molecule has 0 spiro atoms. The van der Waals surface area contributed by atoms with Gasteiger partial charge in [-0.15, -0.1) is 12.4 Å². The number of hydrogen-bond acceptors (Lipinski definition) is 1. The van der Waals surface area contributed by atoms with Crippen LogP contribution in [0.2, 0.25) is 0 Å². The minimum atomic E-state index is 0. The first kappa shape index (κ1) is 12.2. The van der Waals surface area contributed by atoms with Crippen LogP contribution in [0.25, 0.3) is 0 Å². The van der Waals surface area contributed by atoms with E-state index in [1.165, 1.54) is 0 Å². The zero-order valence-electron chi connectivity index (χ0n) is 5.97. The molecule has 0 unspecified atom stereocenters. The summed E-state index contributed by atoms with van der Waals surface area (Å²) in [5, 5.41) is 7.16. The second-order valence-electron chi connectivity index (χ2n) is 2.04. The zero-order valence-corrected chi connectivity index (χ0v) is 10.5. The van der Waals surface area contributed by atoms with E-state index in [-0.39, 0.29) is 18.2 Å². The first-order valence-electron chi connectivity index (χ1n) is 2.90. The molecule has 0 aromatic heterocycles. The summed E-state index contributed by atoms with van der Waals surface area (Å²) in [5.74, 6) is 0.0992. The Kier molecular flexibility index (Phi) is 5.12. The molecule has 0 saturated carbocycles. The van der Waals surface area contributed by atoms with Crippen LogP contribution >= 0.6 is 50.9 Å². The Balaban J connectivity index is 0.00000121. The third-order valence-electron chi connectivity index (χ3n) is 1.23. The first-order valence-corrected chi connectivity index (χ1v) is 4.78. The SMILES string of the molecule is Cl.N=C(N)c1ccc(I)c(Br)c1. The van der Waals surface area contributed by atoms with E-state index >= 15 is 0 Å². The highest BCUT2D eigenvalue weighted by Gasteiger charge is 1.99. The summed E-state index contributed by atoms with van der Waals surface area (Å²) in [5.41, 5.74) is 6.04. The van der Waals surface area contributed by atoms with Crippen LogP contribution in [0.15, 0.2) is 22.7 Å². The summed E-state index contributed by atoms with van der Waals surface area (Å²) in [6.45, 7) is 0. The van der Waals surface area contributed by atoms with Crippen LogP contribution in [-0.4, -0.2) is 5.84 Å². The van der Waals surface area contributed by atoms with Crippen LogP contribution < -0.4 is 5.73 Å². The first-order chi connectivity index (χ1) is 5.11. The molecule has 0 heterocycles. The van der Waals surface area contributed by atoms with Crippen molar-refractivity contribution in [2.45, 2.75) is 0 Å². The second kappa shape index (κ2) is 5.04. The number of nitrogen functional groups attached to an aromatic ring is 1. The van der Waals surface area contributed by atoms with E-state index in [4.69, 9.17) is 11.1 Å². The molecule has 0 radical (unpaired) electrons. The Bertz CT molecular complexity index is 303. The number of amidine groups is 1. The Labute approximate surface area is 99.1 Å². The minimum Gasteiger partial charge on any atom is -0.384 e. The van der Waals surface area contributed by atoms with Gasteiger partial charge in [-0.05, 0) is 50.7 Å². The lowest BCUT2D eigenvalue weighted by Gasteiger charge is -1.99. The number of halogens is 3. The standard InChI is InChI=1S/C7H6BrIN2.ClH/c8-5-3-4(7(10)11)1-2-6(5)9;/h1-3H,(H3,10,11);1H. The maximum absolute atomic E-state index is 7.16. The van der Waals surface area contributed by atoms with Gasteiger partial charge in [0.1, 0.15) is 5.84 Å². The third kappa shape index (κ3) is 2.91. The van der Waals surface area contributed by atoms with Crippen LogP contribution in [-0.2, 0) is 0 Å². The normalized spacial score (nSPS) is 8.83. The van der Waals surface area contributed by atoms with E-state index in [0.717, 1.165) is 13.6 Å². The van der Waals surface area contributed by atoms with Gasteiger partial charge in [0, 0.05) is 13.6 Å². The molecule has 0 atom stereocenters. The Morgan fingerprint density at radius 3 is 2.50 bits per heavy atom. The molecule has 0 aliphatic carbocycles. The van der Waals surface area contributed by atoms with E-state index in [0.29, 0.717) is 0 Å². The molecule has 0 bridgehead atoms. The summed E-state index contributed by atoms with van der Waals surface area (Å²) in [4.78, 5) is 0. The molecular weight excluding hydrogens is 354 g/mol. The van der Waals surface area contributed by atoms with E-state index in [1.54, 1.807) is 0 Å². The molecule has 5 heteroatoms. The summed E-state index contributed by atoms with van der Waals surface area (Å²) in [6, 6.07) is 5.58. The Morgan fingerprint density at radius 2 is 2.08 bits per heavy atom. The maximum atomic E-state index is 7.16. The van der Waals surface area contributed by atoms with Gasteiger partial charge in [0.25, 0.3) is 0 Å². The second-order valence-corrected chi connectivity index (χ2v) is 4.06. The predicted molar refractivity (Wildman–Crippen MR) is 65.1 cm³/mol. The van der Waals surface area contributed by atoms with Gasteiger partial charge in [0.2, 0.25) is 0 Å². The Morgan fingerprint density at radius 1 is 1.50 bits per heavy atom. The van der Waals surface area contributed by atoms with Crippen molar-refractivity contribution in [1.82, 2.24) is 0 Å². The Hall–Kier alpha value is 0.190. The van der Waals surface area contributed by atoms with Crippen molar-refractivity contribution in [3.8, 4) is 0 Å². The maximum Gasteiger partial charge on any atom is 0.122 e. The van der Waals surface area contributed by atoms with Crippen molar-refractivity contribution in [3.63, 3.8) is 0 Å². The highest BCUT2D eigenvalue weighted by Crippen LogP contribution is 2.19. The smallest absolute Gasteiger partial charge is 0.122 e. The molecule has 1 aromatic carbocycles. The molecule has 0 saturated heterocycles. The highest BCUT2D eigenvalue weighted by molar-refractivity contribution is 14.1. The van der Waals surface area contributed by atoms with Crippen LogP contribution in [0.1, 0.15) is 5.56 Å². The fourth-order valence-electron chi connectivity index (χ4n) is 0.664. The summed E-state index contributed by atoms with van der Waals surface area (Å²) < 4.78 is 2.10. The number of nitrogens with one attached hydrogen (secondary N) is 1. The number of nitrogens with two attached hydrogens (primary N) is 1. The van der Waals surface area contributed by atoms with Gasteiger partial charge in [0.05, 0.1) is 0 Å². The van der Waals surface area contributed by atoms with Crippen molar-refractivity contribution < 1.29 is 0 Å². The molecule has 1 rings (SSSR count). The van der Waals surface area contributed by atoms with Crippen LogP contribution in [0.4, 0.5) is 0 Å². The van der Waals surface area contributed by atoms with Crippen molar-refractivity contribution >= 4 is 56.8 Å².